The molecule has 3 N–H and O–H groups in total. The van der Waals surface area contributed by atoms with Gasteiger partial charge in [-0.05, 0) is 38.0 Å². The molecule has 1 aromatic rings. The van der Waals surface area contributed by atoms with Gasteiger partial charge in [-0.1, -0.05) is 19.3 Å². The Morgan fingerprint density at radius 2 is 2.00 bits per heavy atom. The lowest BCUT2D eigenvalue weighted by Gasteiger charge is -2.34. The molecule has 2 aliphatic rings. The van der Waals surface area contributed by atoms with Gasteiger partial charge < -0.3 is 15.7 Å². The Morgan fingerprint density at radius 1 is 1.29 bits per heavy atom. The molecule has 0 aromatic heterocycles. The number of hydrogen-bond acceptors (Lipinski definition) is 4. The largest absolute Gasteiger partial charge is 0.480 e. The summed E-state index contributed by atoms with van der Waals surface area (Å²) in [6.07, 6.45) is 3.47. The first-order valence-corrected chi connectivity index (χ1v) is 8.97. The van der Waals surface area contributed by atoms with Crippen LogP contribution in [0.5, 0.6) is 0 Å². The Bertz CT molecular complexity index is 698. The van der Waals surface area contributed by atoms with Crippen molar-refractivity contribution in [3.05, 3.63) is 23.8 Å². The van der Waals surface area contributed by atoms with Gasteiger partial charge in [-0.15, -0.1) is 11.8 Å². The second-order valence-corrected chi connectivity index (χ2v) is 7.74. The van der Waals surface area contributed by atoms with Crippen molar-refractivity contribution in [1.29, 1.82) is 0 Å². The van der Waals surface area contributed by atoms with Crippen molar-refractivity contribution in [1.82, 2.24) is 5.32 Å². The van der Waals surface area contributed by atoms with Crippen molar-refractivity contribution in [3.63, 3.8) is 0 Å². The molecule has 0 unspecified atom stereocenters. The molecule has 1 fully saturated rings. The number of carboxylic acid groups (broad SMARTS) is 1. The van der Waals surface area contributed by atoms with E-state index >= 15 is 0 Å². The van der Waals surface area contributed by atoms with Crippen LogP contribution in [-0.2, 0) is 9.59 Å². The van der Waals surface area contributed by atoms with Crippen molar-refractivity contribution in [2.75, 3.05) is 5.32 Å². The van der Waals surface area contributed by atoms with Gasteiger partial charge in [0.2, 0.25) is 5.91 Å². The van der Waals surface area contributed by atoms with Crippen molar-refractivity contribution in [2.24, 2.45) is 0 Å². The fourth-order valence-corrected chi connectivity index (χ4v) is 4.12. The molecule has 1 aromatic carbocycles. The number of anilines is 1. The van der Waals surface area contributed by atoms with Gasteiger partial charge in [-0.3, -0.25) is 9.59 Å². The molecule has 6 nitrogen and oxygen atoms in total. The normalized spacial score (nSPS) is 22.2. The monoisotopic (exact) mass is 348 g/mol. The lowest BCUT2D eigenvalue weighted by Crippen LogP contribution is -2.55. The summed E-state index contributed by atoms with van der Waals surface area (Å²) in [6, 6.07) is 5.07. The van der Waals surface area contributed by atoms with Gasteiger partial charge >= 0.3 is 5.97 Å². The third-order valence-electron chi connectivity index (χ3n) is 4.64. The Morgan fingerprint density at radius 3 is 2.67 bits per heavy atom. The molecule has 128 valence electrons. The molecule has 0 spiro atoms. The van der Waals surface area contributed by atoms with Crippen LogP contribution in [0.25, 0.3) is 0 Å². The summed E-state index contributed by atoms with van der Waals surface area (Å²) >= 11 is 1.44. The Labute approximate surface area is 144 Å². The molecular weight excluding hydrogens is 328 g/mol. The summed E-state index contributed by atoms with van der Waals surface area (Å²) in [4.78, 5) is 36.9. The summed E-state index contributed by atoms with van der Waals surface area (Å²) in [5.41, 5.74) is -0.225. The maximum Gasteiger partial charge on any atom is 0.329 e. The minimum Gasteiger partial charge on any atom is -0.480 e. The molecule has 0 radical (unpaired) electrons. The molecule has 2 amide bonds. The number of carboxylic acids is 1. The van der Waals surface area contributed by atoms with E-state index in [0.717, 1.165) is 24.2 Å². The summed E-state index contributed by atoms with van der Waals surface area (Å²) in [6.45, 7) is 1.82. The van der Waals surface area contributed by atoms with Crippen LogP contribution in [-0.4, -0.2) is 33.7 Å². The van der Waals surface area contributed by atoms with Gasteiger partial charge in [0.05, 0.1) is 10.9 Å². The minimum absolute atomic E-state index is 0.0978. The zero-order valence-corrected chi connectivity index (χ0v) is 14.2. The van der Waals surface area contributed by atoms with E-state index in [1.54, 1.807) is 18.2 Å². The van der Waals surface area contributed by atoms with Crippen LogP contribution in [0.2, 0.25) is 0 Å². The maximum absolute atomic E-state index is 12.6. The Hall–Kier alpha value is -2.02. The maximum atomic E-state index is 12.6. The standard InChI is InChI=1S/C17H20N2O4S/c1-10-14(20)18-12-9-11(5-6-13(12)24-10)15(21)19-17(16(22)23)7-3-2-4-8-17/h5-6,9-10H,2-4,7-8H2,1H3,(H,18,20)(H,19,21)(H,22,23)/t10-/m1/s1. The molecule has 1 aliphatic carbocycles. The second kappa shape index (κ2) is 6.47. The Balaban J connectivity index is 1.81. The third-order valence-corrected chi connectivity index (χ3v) is 5.82. The number of nitrogens with one attached hydrogen (secondary N) is 2. The van der Waals surface area contributed by atoms with Gasteiger partial charge in [-0.25, -0.2) is 4.79 Å². The SMILES string of the molecule is C[C@H]1Sc2ccc(C(=O)NC3(C(=O)O)CCCCC3)cc2NC1=O. The number of carbonyl (C=O) groups excluding carboxylic acids is 2. The van der Waals surface area contributed by atoms with Crippen molar-refractivity contribution in [2.45, 2.75) is 54.7 Å². The number of aliphatic carboxylic acids is 1. The highest BCUT2D eigenvalue weighted by molar-refractivity contribution is 8.00. The van der Waals surface area contributed by atoms with E-state index in [0.29, 0.717) is 24.1 Å². The lowest BCUT2D eigenvalue weighted by molar-refractivity contribution is -0.145. The molecule has 0 saturated heterocycles. The van der Waals surface area contributed by atoms with E-state index in [4.69, 9.17) is 0 Å². The number of carbonyl (C=O) groups is 3. The smallest absolute Gasteiger partial charge is 0.329 e. The van der Waals surface area contributed by atoms with Gasteiger partial charge in [0.1, 0.15) is 5.54 Å². The summed E-state index contributed by atoms with van der Waals surface area (Å²) in [5.74, 6) is -1.49. The zero-order valence-electron chi connectivity index (χ0n) is 13.4. The first-order chi connectivity index (χ1) is 11.4. The number of hydrogen-bond donors (Lipinski definition) is 3. The van der Waals surface area contributed by atoms with Crippen molar-refractivity contribution >= 4 is 35.2 Å². The molecule has 3 rings (SSSR count). The second-order valence-electron chi connectivity index (χ2n) is 6.36. The van der Waals surface area contributed by atoms with E-state index in [1.165, 1.54) is 11.8 Å². The summed E-state index contributed by atoms with van der Waals surface area (Å²) in [7, 11) is 0. The van der Waals surface area contributed by atoms with Gasteiger partial charge in [0.15, 0.2) is 0 Å². The number of amides is 2. The predicted molar refractivity (Wildman–Crippen MR) is 91.3 cm³/mol. The van der Waals surface area contributed by atoms with Crippen LogP contribution in [0.4, 0.5) is 5.69 Å². The number of benzene rings is 1. The number of rotatable bonds is 3. The fraction of sp³-hybridized carbons (Fsp3) is 0.471. The van der Waals surface area contributed by atoms with Crippen LogP contribution in [0.3, 0.4) is 0 Å². The van der Waals surface area contributed by atoms with E-state index in [9.17, 15) is 19.5 Å². The fourth-order valence-electron chi connectivity index (χ4n) is 3.19. The van der Waals surface area contributed by atoms with Crippen LogP contribution >= 0.6 is 11.8 Å². The van der Waals surface area contributed by atoms with Crippen LogP contribution in [0, 0.1) is 0 Å². The third kappa shape index (κ3) is 3.13. The molecule has 1 saturated carbocycles. The average molecular weight is 348 g/mol. The summed E-state index contributed by atoms with van der Waals surface area (Å²) < 4.78 is 0. The predicted octanol–water partition coefficient (Wildman–Crippen LogP) is 2.64. The lowest BCUT2D eigenvalue weighted by atomic mass is 9.81. The number of thioether (sulfide) groups is 1. The van der Waals surface area contributed by atoms with Crippen molar-refractivity contribution < 1.29 is 19.5 Å². The first-order valence-electron chi connectivity index (χ1n) is 8.09. The first kappa shape index (κ1) is 16.8. The minimum atomic E-state index is -1.18. The molecule has 24 heavy (non-hydrogen) atoms. The van der Waals surface area contributed by atoms with Crippen molar-refractivity contribution in [3.8, 4) is 0 Å². The Kier molecular flexibility index (Phi) is 4.54. The quantitative estimate of drug-likeness (QED) is 0.780. The highest BCUT2D eigenvalue weighted by atomic mass is 32.2. The molecule has 1 aliphatic heterocycles. The topological polar surface area (TPSA) is 95.5 Å². The molecule has 1 atom stereocenters. The zero-order chi connectivity index (χ0) is 17.3. The van der Waals surface area contributed by atoms with Gasteiger partial charge in [-0.2, -0.15) is 0 Å². The van der Waals surface area contributed by atoms with Crippen LogP contribution < -0.4 is 10.6 Å². The highest BCUT2D eigenvalue weighted by Gasteiger charge is 2.41. The van der Waals surface area contributed by atoms with Crippen LogP contribution in [0.15, 0.2) is 23.1 Å². The summed E-state index contributed by atoms with van der Waals surface area (Å²) in [5, 5.41) is 14.9. The number of fused-ring (bicyclic) bond motifs is 1. The van der Waals surface area contributed by atoms with Crippen LogP contribution in [0.1, 0.15) is 49.4 Å². The van der Waals surface area contributed by atoms with E-state index < -0.39 is 17.4 Å². The molecule has 1 heterocycles. The van der Waals surface area contributed by atoms with Gasteiger partial charge in [0.25, 0.3) is 5.91 Å². The van der Waals surface area contributed by atoms with E-state index in [1.807, 2.05) is 6.92 Å². The van der Waals surface area contributed by atoms with E-state index in [2.05, 4.69) is 10.6 Å². The molecule has 7 heteroatoms. The van der Waals surface area contributed by atoms with Gasteiger partial charge in [0, 0.05) is 10.5 Å². The van der Waals surface area contributed by atoms with E-state index in [-0.39, 0.29) is 11.2 Å². The molecule has 0 bridgehead atoms. The molecular formula is C17H20N2O4S. The average Bonchev–Trinajstić information content (AvgIpc) is 2.56. The highest BCUT2D eigenvalue weighted by Crippen LogP contribution is 2.36.